The molecule has 0 bridgehead atoms. The van der Waals surface area contributed by atoms with Gasteiger partial charge in [0.1, 0.15) is 17.4 Å². The molecule has 0 aliphatic heterocycles. The molecule has 5 nitrogen and oxygen atoms in total. The smallest absolute Gasteiger partial charge is 0.268 e. The lowest BCUT2D eigenvalue weighted by Crippen LogP contribution is -2.13. The average Bonchev–Trinajstić information content (AvgIpc) is 3.08. The van der Waals surface area contributed by atoms with Gasteiger partial charge in [-0.25, -0.2) is 4.98 Å². The molecule has 2 N–H and O–H groups in total. The van der Waals surface area contributed by atoms with E-state index in [2.05, 4.69) is 22.4 Å². The third kappa shape index (κ3) is 5.03. The molecular formula is C21H17N3O2S. The van der Waals surface area contributed by atoms with Crippen molar-refractivity contribution >= 4 is 28.5 Å². The summed E-state index contributed by atoms with van der Waals surface area (Å²) in [5, 5.41) is 21.7. The Bertz CT molecular complexity index is 1030. The zero-order chi connectivity index (χ0) is 19.2. The van der Waals surface area contributed by atoms with Crippen LogP contribution < -0.4 is 5.32 Å². The van der Waals surface area contributed by atoms with Crippen LogP contribution >= 0.6 is 11.3 Å². The molecule has 0 spiro atoms. The van der Waals surface area contributed by atoms with E-state index in [0.29, 0.717) is 10.7 Å². The Morgan fingerprint density at radius 2 is 2.07 bits per heavy atom. The van der Waals surface area contributed by atoms with Gasteiger partial charge in [-0.1, -0.05) is 42.0 Å². The highest BCUT2D eigenvalue weighted by Gasteiger charge is 2.12. The number of aromatic hydroxyl groups is 1. The van der Waals surface area contributed by atoms with Gasteiger partial charge in [-0.3, -0.25) is 10.1 Å². The number of carbonyl (C=O) groups is 1. The highest BCUT2D eigenvalue weighted by atomic mass is 32.1. The van der Waals surface area contributed by atoms with Gasteiger partial charge < -0.3 is 5.11 Å². The van der Waals surface area contributed by atoms with Crippen LogP contribution in [-0.2, 0) is 11.2 Å². The van der Waals surface area contributed by atoms with Crippen LogP contribution in [0.15, 0.2) is 60.3 Å². The summed E-state index contributed by atoms with van der Waals surface area (Å²) in [5.41, 5.74) is 3.00. The fourth-order valence-electron chi connectivity index (χ4n) is 2.52. The second-order valence-electron chi connectivity index (χ2n) is 6.01. The lowest BCUT2D eigenvalue weighted by atomic mass is 10.1. The number of carbonyl (C=O) groups excluding carboxylic acids is 1. The Labute approximate surface area is 161 Å². The van der Waals surface area contributed by atoms with Crippen molar-refractivity contribution < 1.29 is 9.90 Å². The largest absolute Gasteiger partial charge is 0.508 e. The Balaban J connectivity index is 1.69. The molecular weight excluding hydrogens is 358 g/mol. The number of rotatable bonds is 5. The van der Waals surface area contributed by atoms with Crippen LogP contribution in [-0.4, -0.2) is 16.0 Å². The van der Waals surface area contributed by atoms with E-state index in [4.69, 9.17) is 0 Å². The zero-order valence-electron chi connectivity index (χ0n) is 14.6. The van der Waals surface area contributed by atoms with Crippen LogP contribution in [0.2, 0.25) is 0 Å². The van der Waals surface area contributed by atoms with Gasteiger partial charge in [0.25, 0.3) is 5.91 Å². The standard InChI is InChI=1S/C21H17N3O2S/c1-14-3-2-4-16(9-14)11-19-13-23-21(27-19)24-20(26)17(12-22)10-15-5-7-18(25)8-6-15/h2-10,13,25H,11H2,1H3,(H,23,24,26)/b17-10+. The Hall–Kier alpha value is -3.43. The number of hydrogen-bond acceptors (Lipinski definition) is 5. The monoisotopic (exact) mass is 375 g/mol. The first kappa shape index (κ1) is 18.4. The SMILES string of the molecule is Cc1cccc(Cc2cnc(NC(=O)/C(C#N)=C/c3ccc(O)cc3)s2)c1. The number of nitrogens with one attached hydrogen (secondary N) is 1. The maximum Gasteiger partial charge on any atom is 0.268 e. The molecule has 0 saturated heterocycles. The van der Waals surface area contributed by atoms with E-state index in [0.717, 1.165) is 11.3 Å². The molecule has 0 fully saturated rings. The summed E-state index contributed by atoms with van der Waals surface area (Å²) >= 11 is 1.39. The molecule has 27 heavy (non-hydrogen) atoms. The number of thiazole rings is 1. The van der Waals surface area contributed by atoms with Crippen molar-refractivity contribution in [3.8, 4) is 11.8 Å². The Morgan fingerprint density at radius 3 is 2.78 bits per heavy atom. The number of nitriles is 1. The van der Waals surface area contributed by atoms with E-state index in [1.807, 2.05) is 25.1 Å². The van der Waals surface area contributed by atoms with Crippen molar-refractivity contribution in [1.29, 1.82) is 5.26 Å². The Morgan fingerprint density at radius 1 is 1.30 bits per heavy atom. The first-order valence-corrected chi connectivity index (χ1v) is 9.07. The van der Waals surface area contributed by atoms with Crippen LogP contribution in [0, 0.1) is 18.3 Å². The average molecular weight is 375 g/mol. The normalized spacial score (nSPS) is 11.0. The van der Waals surface area contributed by atoms with Crippen LogP contribution in [0.4, 0.5) is 5.13 Å². The number of aromatic nitrogens is 1. The third-order valence-electron chi connectivity index (χ3n) is 3.80. The molecule has 134 valence electrons. The van der Waals surface area contributed by atoms with E-state index < -0.39 is 5.91 Å². The summed E-state index contributed by atoms with van der Waals surface area (Å²) in [6.07, 6.45) is 3.94. The molecule has 2 aromatic carbocycles. The first-order valence-electron chi connectivity index (χ1n) is 8.26. The predicted octanol–water partition coefficient (Wildman–Crippen LogP) is 4.29. The number of phenolic OH excluding ortho intramolecular Hbond substituents is 1. The van der Waals surface area contributed by atoms with Crippen LogP contribution in [0.3, 0.4) is 0 Å². The molecule has 1 aromatic heterocycles. The molecule has 0 atom stereocenters. The van der Waals surface area contributed by atoms with Gasteiger partial charge >= 0.3 is 0 Å². The third-order valence-corrected chi connectivity index (χ3v) is 4.72. The van der Waals surface area contributed by atoms with Crippen molar-refractivity contribution in [3.63, 3.8) is 0 Å². The fourth-order valence-corrected chi connectivity index (χ4v) is 3.36. The molecule has 0 aliphatic carbocycles. The molecule has 0 unspecified atom stereocenters. The second kappa shape index (κ2) is 8.30. The number of phenols is 1. The van der Waals surface area contributed by atoms with Gasteiger partial charge in [-0.15, -0.1) is 11.3 Å². The van der Waals surface area contributed by atoms with E-state index >= 15 is 0 Å². The molecule has 0 saturated carbocycles. The predicted molar refractivity (Wildman–Crippen MR) is 106 cm³/mol. The van der Waals surface area contributed by atoms with E-state index in [-0.39, 0.29) is 11.3 Å². The maximum absolute atomic E-state index is 12.3. The molecule has 6 heteroatoms. The van der Waals surface area contributed by atoms with E-state index in [9.17, 15) is 15.2 Å². The van der Waals surface area contributed by atoms with Gasteiger partial charge in [0.05, 0.1) is 0 Å². The number of amides is 1. The quantitative estimate of drug-likeness (QED) is 0.514. The highest BCUT2D eigenvalue weighted by molar-refractivity contribution is 7.15. The van der Waals surface area contributed by atoms with Crippen LogP contribution in [0.25, 0.3) is 6.08 Å². The first-order chi connectivity index (χ1) is 13.0. The topological polar surface area (TPSA) is 86.0 Å². The van der Waals surface area contributed by atoms with Crippen LogP contribution in [0.5, 0.6) is 5.75 Å². The summed E-state index contributed by atoms with van der Waals surface area (Å²) in [6.45, 7) is 2.05. The molecule has 0 aliphatic rings. The number of benzene rings is 2. The van der Waals surface area contributed by atoms with Crippen molar-refractivity contribution in [2.75, 3.05) is 5.32 Å². The van der Waals surface area contributed by atoms with E-state index in [1.54, 1.807) is 18.3 Å². The lowest BCUT2D eigenvalue weighted by Gasteiger charge is -2.01. The number of nitrogens with zero attached hydrogens (tertiary/aromatic N) is 2. The molecule has 3 rings (SSSR count). The van der Waals surface area contributed by atoms with Gasteiger partial charge in [0.2, 0.25) is 0 Å². The molecule has 0 radical (unpaired) electrons. The molecule has 3 aromatic rings. The van der Waals surface area contributed by atoms with Crippen LogP contribution in [0.1, 0.15) is 21.6 Å². The lowest BCUT2D eigenvalue weighted by molar-refractivity contribution is -0.112. The van der Waals surface area contributed by atoms with Crippen molar-refractivity contribution in [2.45, 2.75) is 13.3 Å². The number of aryl methyl sites for hydroxylation is 1. The minimum atomic E-state index is -0.512. The van der Waals surface area contributed by atoms with Gasteiger partial charge in [-0.05, 0) is 36.3 Å². The molecule has 1 amide bonds. The zero-order valence-corrected chi connectivity index (χ0v) is 15.5. The summed E-state index contributed by atoms with van der Waals surface area (Å²) in [6, 6.07) is 16.4. The van der Waals surface area contributed by atoms with Gasteiger partial charge in [-0.2, -0.15) is 5.26 Å². The Kier molecular flexibility index (Phi) is 5.64. The number of anilines is 1. The number of hydrogen-bond donors (Lipinski definition) is 2. The summed E-state index contributed by atoms with van der Waals surface area (Å²) in [4.78, 5) is 17.6. The maximum atomic E-state index is 12.3. The van der Waals surface area contributed by atoms with Crippen molar-refractivity contribution in [2.24, 2.45) is 0 Å². The summed E-state index contributed by atoms with van der Waals surface area (Å²) in [5.74, 6) is -0.388. The highest BCUT2D eigenvalue weighted by Crippen LogP contribution is 2.22. The minimum Gasteiger partial charge on any atom is -0.508 e. The molecule has 1 heterocycles. The van der Waals surface area contributed by atoms with Crippen molar-refractivity contribution in [1.82, 2.24) is 4.98 Å². The minimum absolute atomic E-state index is 0.0314. The van der Waals surface area contributed by atoms with E-state index in [1.165, 1.54) is 40.7 Å². The summed E-state index contributed by atoms with van der Waals surface area (Å²) in [7, 11) is 0. The fraction of sp³-hybridized carbons (Fsp3) is 0.0952. The second-order valence-corrected chi connectivity index (χ2v) is 7.13. The van der Waals surface area contributed by atoms with Crippen molar-refractivity contribution in [3.05, 3.63) is 81.9 Å². The van der Waals surface area contributed by atoms with Gasteiger partial charge in [0.15, 0.2) is 5.13 Å². The van der Waals surface area contributed by atoms with Gasteiger partial charge in [0, 0.05) is 17.5 Å². The summed E-state index contributed by atoms with van der Waals surface area (Å²) < 4.78 is 0.